The van der Waals surface area contributed by atoms with Crippen molar-refractivity contribution in [3.63, 3.8) is 0 Å². The summed E-state index contributed by atoms with van der Waals surface area (Å²) in [6.07, 6.45) is 1.73. The number of hydrogen-bond donors (Lipinski definition) is 1. The predicted molar refractivity (Wildman–Crippen MR) is 77.7 cm³/mol. The van der Waals surface area contributed by atoms with Gasteiger partial charge < -0.3 is 5.32 Å². The number of halogens is 1. The molecule has 0 saturated heterocycles. The number of aromatic nitrogens is 3. The zero-order chi connectivity index (χ0) is 14.1. The monoisotopic (exact) mass is 286 g/mol. The number of hydrogen-bond acceptors (Lipinski definition) is 3. The van der Waals surface area contributed by atoms with E-state index in [0.717, 1.165) is 16.9 Å². The fourth-order valence-corrected chi connectivity index (χ4v) is 2.15. The van der Waals surface area contributed by atoms with Crippen molar-refractivity contribution in [3.8, 4) is 11.3 Å². The number of nitrogens with zero attached hydrogens (tertiary/aromatic N) is 3. The largest absolute Gasteiger partial charge is 0.326 e. The number of amides is 1. The van der Waals surface area contributed by atoms with Crippen LogP contribution in [0.3, 0.4) is 0 Å². The Bertz CT molecular complexity index is 797. The topological polar surface area (TPSA) is 59.3 Å². The molecule has 0 bridgehead atoms. The molecule has 1 N–H and O–H groups in total. The van der Waals surface area contributed by atoms with E-state index in [1.165, 1.54) is 6.92 Å². The van der Waals surface area contributed by atoms with Crippen LogP contribution in [0, 0.1) is 0 Å². The molecule has 5 nitrogen and oxygen atoms in total. The first-order chi connectivity index (χ1) is 9.63. The highest BCUT2D eigenvalue weighted by atomic mass is 35.5. The molecule has 0 aliphatic carbocycles. The number of fused-ring (bicyclic) bond motifs is 1. The summed E-state index contributed by atoms with van der Waals surface area (Å²) in [6, 6.07) is 11.0. The molecule has 2 aromatic heterocycles. The third-order valence-corrected chi connectivity index (χ3v) is 3.01. The number of nitrogens with one attached hydrogen (secondary N) is 1. The van der Waals surface area contributed by atoms with E-state index >= 15 is 0 Å². The van der Waals surface area contributed by atoms with Gasteiger partial charge in [0.25, 0.3) is 0 Å². The Kier molecular flexibility index (Phi) is 3.12. The van der Waals surface area contributed by atoms with Crippen molar-refractivity contribution in [3.05, 3.63) is 47.7 Å². The van der Waals surface area contributed by atoms with Gasteiger partial charge in [-0.05, 0) is 24.3 Å². The van der Waals surface area contributed by atoms with E-state index < -0.39 is 0 Å². The molecule has 6 heteroatoms. The number of imidazole rings is 1. The zero-order valence-corrected chi connectivity index (χ0v) is 11.4. The number of rotatable bonds is 2. The molecule has 0 radical (unpaired) electrons. The summed E-state index contributed by atoms with van der Waals surface area (Å²) < 4.78 is 1.68. The van der Waals surface area contributed by atoms with Crippen LogP contribution in [-0.4, -0.2) is 20.5 Å². The lowest BCUT2D eigenvalue weighted by Crippen LogP contribution is -2.05. The fourth-order valence-electron chi connectivity index (χ4n) is 2.01. The van der Waals surface area contributed by atoms with Gasteiger partial charge in [-0.15, -0.1) is 0 Å². The Balaban J connectivity index is 2.11. The summed E-state index contributed by atoms with van der Waals surface area (Å²) in [4.78, 5) is 15.4. The fraction of sp³-hybridized carbons (Fsp3) is 0.0714. The van der Waals surface area contributed by atoms with Crippen LogP contribution in [0.25, 0.3) is 16.9 Å². The molecule has 2 heterocycles. The molecule has 0 aliphatic heterocycles. The van der Waals surface area contributed by atoms with Gasteiger partial charge in [0.2, 0.25) is 5.91 Å². The minimum Gasteiger partial charge on any atom is -0.326 e. The van der Waals surface area contributed by atoms with E-state index in [1.807, 2.05) is 24.3 Å². The van der Waals surface area contributed by atoms with Gasteiger partial charge >= 0.3 is 0 Å². The highest BCUT2D eigenvalue weighted by Crippen LogP contribution is 2.23. The van der Waals surface area contributed by atoms with Gasteiger partial charge in [-0.25, -0.2) is 9.50 Å². The lowest BCUT2D eigenvalue weighted by molar-refractivity contribution is -0.114. The van der Waals surface area contributed by atoms with Crippen LogP contribution in [0.1, 0.15) is 6.92 Å². The van der Waals surface area contributed by atoms with E-state index in [9.17, 15) is 4.79 Å². The smallest absolute Gasteiger partial charge is 0.221 e. The van der Waals surface area contributed by atoms with Crippen molar-refractivity contribution in [1.29, 1.82) is 0 Å². The molecule has 100 valence electrons. The molecule has 3 rings (SSSR count). The Morgan fingerprint density at radius 1 is 1.30 bits per heavy atom. The minimum absolute atomic E-state index is 0.110. The molecule has 0 aliphatic rings. The standard InChI is InChI=1S/C14H11ClN4O/c1-9(20)17-11-4-2-3-10(7-11)12-8-16-14-6-5-13(15)18-19(12)14/h2-8H,1H3,(H,17,20). The molecule has 0 atom stereocenters. The minimum atomic E-state index is -0.110. The lowest BCUT2D eigenvalue weighted by Gasteiger charge is -2.05. The average Bonchev–Trinajstić information content (AvgIpc) is 2.81. The van der Waals surface area contributed by atoms with E-state index in [-0.39, 0.29) is 5.91 Å². The van der Waals surface area contributed by atoms with Gasteiger partial charge in [0.05, 0.1) is 11.9 Å². The second kappa shape index (κ2) is 4.94. The van der Waals surface area contributed by atoms with E-state index in [1.54, 1.807) is 22.8 Å². The van der Waals surface area contributed by atoms with E-state index in [2.05, 4.69) is 15.4 Å². The van der Waals surface area contributed by atoms with Crippen molar-refractivity contribution >= 4 is 28.8 Å². The van der Waals surface area contributed by atoms with Crippen LogP contribution in [-0.2, 0) is 4.79 Å². The second-order valence-electron chi connectivity index (χ2n) is 4.33. The van der Waals surface area contributed by atoms with Crippen LogP contribution < -0.4 is 5.32 Å². The average molecular weight is 287 g/mol. The van der Waals surface area contributed by atoms with Crippen LogP contribution in [0.4, 0.5) is 5.69 Å². The summed E-state index contributed by atoms with van der Waals surface area (Å²) >= 11 is 5.92. The molecular formula is C14H11ClN4O. The van der Waals surface area contributed by atoms with Crippen molar-refractivity contribution in [2.45, 2.75) is 6.92 Å². The second-order valence-corrected chi connectivity index (χ2v) is 4.72. The molecule has 20 heavy (non-hydrogen) atoms. The van der Waals surface area contributed by atoms with Crippen LogP contribution >= 0.6 is 11.6 Å². The molecule has 0 spiro atoms. The van der Waals surface area contributed by atoms with E-state index in [4.69, 9.17) is 11.6 Å². The maximum absolute atomic E-state index is 11.1. The molecule has 0 unspecified atom stereocenters. The molecule has 1 aromatic carbocycles. The maximum atomic E-state index is 11.1. The van der Waals surface area contributed by atoms with Gasteiger partial charge in [-0.1, -0.05) is 23.7 Å². The molecule has 0 fully saturated rings. The first-order valence-electron chi connectivity index (χ1n) is 6.02. The zero-order valence-electron chi connectivity index (χ0n) is 10.7. The normalized spacial score (nSPS) is 10.7. The SMILES string of the molecule is CC(=O)Nc1cccc(-c2cnc3ccc(Cl)nn23)c1. The van der Waals surface area contributed by atoms with Crippen molar-refractivity contribution in [2.75, 3.05) is 5.32 Å². The van der Waals surface area contributed by atoms with Gasteiger partial charge in [-0.2, -0.15) is 5.10 Å². The van der Waals surface area contributed by atoms with Crippen molar-refractivity contribution in [2.24, 2.45) is 0 Å². The number of anilines is 1. The quantitative estimate of drug-likeness (QED) is 0.788. The number of carbonyl (C=O) groups excluding carboxylic acids is 1. The maximum Gasteiger partial charge on any atom is 0.221 e. The van der Waals surface area contributed by atoms with Crippen LogP contribution in [0.5, 0.6) is 0 Å². The summed E-state index contributed by atoms with van der Waals surface area (Å²) in [5, 5.41) is 7.38. The lowest BCUT2D eigenvalue weighted by atomic mass is 10.1. The van der Waals surface area contributed by atoms with Gasteiger partial charge in [-0.3, -0.25) is 4.79 Å². The van der Waals surface area contributed by atoms with Crippen LogP contribution in [0.15, 0.2) is 42.6 Å². The van der Waals surface area contributed by atoms with Gasteiger partial charge in [0, 0.05) is 18.2 Å². The summed E-state index contributed by atoms with van der Waals surface area (Å²) in [6.45, 7) is 1.47. The summed E-state index contributed by atoms with van der Waals surface area (Å²) in [5.41, 5.74) is 3.16. The third kappa shape index (κ3) is 2.35. The van der Waals surface area contributed by atoms with Crippen molar-refractivity contribution in [1.82, 2.24) is 14.6 Å². The Hall–Kier alpha value is -2.40. The molecule has 1 amide bonds. The Labute approximate surface area is 120 Å². The Morgan fingerprint density at radius 2 is 2.15 bits per heavy atom. The first-order valence-corrected chi connectivity index (χ1v) is 6.39. The van der Waals surface area contributed by atoms with Gasteiger partial charge in [0.1, 0.15) is 5.15 Å². The molecular weight excluding hydrogens is 276 g/mol. The van der Waals surface area contributed by atoms with Gasteiger partial charge in [0.15, 0.2) is 5.65 Å². The molecule has 0 saturated carbocycles. The highest BCUT2D eigenvalue weighted by molar-refractivity contribution is 6.29. The summed E-state index contributed by atoms with van der Waals surface area (Å²) in [7, 11) is 0. The van der Waals surface area contributed by atoms with E-state index in [0.29, 0.717) is 10.8 Å². The Morgan fingerprint density at radius 3 is 2.95 bits per heavy atom. The van der Waals surface area contributed by atoms with Crippen LogP contribution in [0.2, 0.25) is 5.15 Å². The number of carbonyl (C=O) groups is 1. The van der Waals surface area contributed by atoms with Crippen molar-refractivity contribution < 1.29 is 4.79 Å². The third-order valence-electron chi connectivity index (χ3n) is 2.81. The first kappa shape index (κ1) is 12.6. The predicted octanol–water partition coefficient (Wildman–Crippen LogP) is 3.01. The number of benzene rings is 1. The summed E-state index contributed by atoms with van der Waals surface area (Å²) in [5.74, 6) is -0.110. The highest BCUT2D eigenvalue weighted by Gasteiger charge is 2.08. The molecule has 3 aromatic rings.